The molecule has 1 atom stereocenters. The summed E-state index contributed by atoms with van der Waals surface area (Å²) in [6, 6.07) is 3.78. The molecule has 1 amide bonds. The van der Waals surface area contributed by atoms with Gasteiger partial charge in [-0.15, -0.1) is 11.3 Å². The van der Waals surface area contributed by atoms with Crippen molar-refractivity contribution in [3.8, 4) is 0 Å². The molecule has 0 aliphatic carbocycles. The van der Waals surface area contributed by atoms with Crippen LogP contribution in [-0.2, 0) is 4.74 Å². The van der Waals surface area contributed by atoms with E-state index in [2.05, 4.69) is 14.9 Å². The third-order valence-corrected chi connectivity index (χ3v) is 5.48. The Morgan fingerprint density at radius 2 is 2.32 bits per heavy atom. The highest BCUT2D eigenvalue weighted by Gasteiger charge is 2.27. The van der Waals surface area contributed by atoms with Crippen molar-refractivity contribution in [1.82, 2.24) is 14.9 Å². The minimum atomic E-state index is 0.00301. The fourth-order valence-electron chi connectivity index (χ4n) is 3.09. The molecule has 0 radical (unpaired) electrons. The summed E-state index contributed by atoms with van der Waals surface area (Å²) in [6.45, 7) is 2.91. The molecule has 1 saturated heterocycles. The molecule has 1 aliphatic rings. The van der Waals surface area contributed by atoms with Gasteiger partial charge in [0.25, 0.3) is 5.91 Å². The predicted octanol–water partition coefficient (Wildman–Crippen LogP) is 2.64. The quantitative estimate of drug-likeness (QED) is 0.793. The molecule has 7 heteroatoms. The van der Waals surface area contributed by atoms with E-state index in [0.717, 1.165) is 43.2 Å². The third kappa shape index (κ3) is 4.35. The Morgan fingerprint density at radius 1 is 1.44 bits per heavy atom. The summed E-state index contributed by atoms with van der Waals surface area (Å²) < 4.78 is 5.12. The molecular weight excluding hydrogens is 336 g/mol. The van der Waals surface area contributed by atoms with Crippen LogP contribution in [0.5, 0.6) is 0 Å². The van der Waals surface area contributed by atoms with Gasteiger partial charge in [-0.1, -0.05) is 0 Å². The maximum absolute atomic E-state index is 12.9. The molecule has 2 aromatic heterocycles. The number of thiazole rings is 1. The highest BCUT2D eigenvalue weighted by molar-refractivity contribution is 7.09. The molecular formula is C18H24N4O2S. The first-order chi connectivity index (χ1) is 12.2. The number of anilines is 1. The zero-order valence-corrected chi connectivity index (χ0v) is 15.5. The number of aromatic nitrogens is 2. The van der Waals surface area contributed by atoms with Gasteiger partial charge >= 0.3 is 0 Å². The van der Waals surface area contributed by atoms with E-state index in [0.29, 0.717) is 18.2 Å². The van der Waals surface area contributed by atoms with Crippen molar-refractivity contribution in [3.05, 3.63) is 40.6 Å². The van der Waals surface area contributed by atoms with Crippen molar-refractivity contribution in [2.24, 2.45) is 0 Å². The van der Waals surface area contributed by atoms with Crippen LogP contribution < -0.4 is 4.90 Å². The Bertz CT molecular complexity index is 692. The van der Waals surface area contributed by atoms with E-state index in [1.807, 2.05) is 35.7 Å². The number of rotatable bonds is 6. The Labute approximate surface area is 152 Å². The van der Waals surface area contributed by atoms with Crippen molar-refractivity contribution >= 4 is 22.9 Å². The number of hydrogen-bond acceptors (Lipinski definition) is 6. The Hall–Kier alpha value is -1.99. The lowest BCUT2D eigenvalue weighted by atomic mass is 9.98. The topological polar surface area (TPSA) is 58.6 Å². The van der Waals surface area contributed by atoms with Gasteiger partial charge in [0.05, 0.1) is 11.6 Å². The number of carbonyl (C=O) groups is 1. The number of pyridine rings is 1. The second-order valence-corrected chi connectivity index (χ2v) is 7.20. The van der Waals surface area contributed by atoms with Crippen molar-refractivity contribution in [3.63, 3.8) is 0 Å². The molecule has 1 aliphatic heterocycles. The van der Waals surface area contributed by atoms with Crippen LogP contribution in [0.25, 0.3) is 0 Å². The summed E-state index contributed by atoms with van der Waals surface area (Å²) in [5.74, 6) is 0.341. The first kappa shape index (κ1) is 17.8. The van der Waals surface area contributed by atoms with Crippen molar-refractivity contribution in [2.75, 3.05) is 45.3 Å². The molecule has 1 fully saturated rings. The van der Waals surface area contributed by atoms with Gasteiger partial charge in [-0.2, -0.15) is 0 Å². The summed E-state index contributed by atoms with van der Waals surface area (Å²) in [5.41, 5.74) is 1.48. The number of piperidine rings is 1. The highest BCUT2D eigenvalue weighted by Crippen LogP contribution is 2.29. The van der Waals surface area contributed by atoms with Crippen LogP contribution in [0.4, 0.5) is 5.69 Å². The Morgan fingerprint density at radius 3 is 3.08 bits per heavy atom. The lowest BCUT2D eigenvalue weighted by Crippen LogP contribution is -2.39. The van der Waals surface area contributed by atoms with Crippen LogP contribution >= 0.6 is 11.3 Å². The number of nitrogens with zero attached hydrogens (tertiary/aromatic N) is 4. The van der Waals surface area contributed by atoms with Crippen LogP contribution in [0.2, 0.25) is 0 Å². The number of likely N-dealkylation sites (N-methyl/N-ethyl adjacent to an activating group) is 1. The molecule has 0 bridgehead atoms. The van der Waals surface area contributed by atoms with Crippen molar-refractivity contribution < 1.29 is 9.53 Å². The van der Waals surface area contributed by atoms with E-state index in [1.165, 1.54) is 0 Å². The van der Waals surface area contributed by atoms with Gasteiger partial charge in [-0.05, 0) is 25.0 Å². The first-order valence-corrected chi connectivity index (χ1v) is 9.42. The molecule has 25 heavy (non-hydrogen) atoms. The van der Waals surface area contributed by atoms with E-state index >= 15 is 0 Å². The number of ether oxygens (including phenoxy) is 1. The second-order valence-electron chi connectivity index (χ2n) is 6.27. The Balaban J connectivity index is 1.70. The standard InChI is InChI=1S/C18H24N4O2S/c1-21(9-10-24-2)15-5-6-19-16(12-15)18(23)22-8-3-4-14(13-22)17-20-7-11-25-17/h5-7,11-12,14H,3-4,8-10,13H2,1-2H3. The normalized spacial score (nSPS) is 17.5. The summed E-state index contributed by atoms with van der Waals surface area (Å²) in [6.07, 6.45) is 5.63. The lowest BCUT2D eigenvalue weighted by Gasteiger charge is -2.31. The van der Waals surface area contributed by atoms with Gasteiger partial charge in [0.1, 0.15) is 5.69 Å². The summed E-state index contributed by atoms with van der Waals surface area (Å²) in [7, 11) is 3.67. The number of carbonyl (C=O) groups excluding carboxylic acids is 1. The molecule has 0 saturated carbocycles. The van der Waals surface area contributed by atoms with E-state index in [9.17, 15) is 4.79 Å². The summed E-state index contributed by atoms with van der Waals surface area (Å²) in [4.78, 5) is 25.6. The third-order valence-electron chi connectivity index (χ3n) is 4.54. The van der Waals surface area contributed by atoms with Crippen LogP contribution in [0, 0.1) is 0 Å². The van der Waals surface area contributed by atoms with E-state index in [-0.39, 0.29) is 5.91 Å². The molecule has 0 aromatic carbocycles. The van der Waals surface area contributed by atoms with Crippen LogP contribution in [0.1, 0.15) is 34.3 Å². The SMILES string of the molecule is COCCN(C)c1ccnc(C(=O)N2CCCC(c3nccs3)C2)c1. The van der Waals surface area contributed by atoms with Crippen LogP contribution in [-0.4, -0.2) is 61.2 Å². The molecule has 3 heterocycles. The van der Waals surface area contributed by atoms with E-state index in [1.54, 1.807) is 24.6 Å². The molecule has 134 valence electrons. The zero-order valence-electron chi connectivity index (χ0n) is 14.7. The molecule has 0 N–H and O–H groups in total. The molecule has 0 spiro atoms. The highest BCUT2D eigenvalue weighted by atomic mass is 32.1. The molecule has 2 aromatic rings. The minimum absolute atomic E-state index is 0.00301. The fraction of sp³-hybridized carbons (Fsp3) is 0.500. The molecule has 6 nitrogen and oxygen atoms in total. The number of hydrogen-bond donors (Lipinski definition) is 0. The average Bonchev–Trinajstić information content (AvgIpc) is 3.20. The summed E-state index contributed by atoms with van der Waals surface area (Å²) in [5, 5.41) is 3.12. The smallest absolute Gasteiger partial charge is 0.272 e. The maximum atomic E-state index is 12.9. The van der Waals surface area contributed by atoms with Gasteiger partial charge < -0.3 is 14.5 Å². The second kappa shape index (κ2) is 8.40. The van der Waals surface area contributed by atoms with E-state index < -0.39 is 0 Å². The van der Waals surface area contributed by atoms with Crippen LogP contribution in [0.3, 0.4) is 0 Å². The van der Waals surface area contributed by atoms with Gasteiger partial charge in [0.15, 0.2) is 0 Å². The number of methoxy groups -OCH3 is 1. The zero-order chi connectivity index (χ0) is 17.6. The maximum Gasteiger partial charge on any atom is 0.272 e. The van der Waals surface area contributed by atoms with Crippen LogP contribution in [0.15, 0.2) is 29.9 Å². The summed E-state index contributed by atoms with van der Waals surface area (Å²) >= 11 is 1.67. The fourth-order valence-corrected chi connectivity index (χ4v) is 3.86. The molecule has 1 unspecified atom stereocenters. The largest absolute Gasteiger partial charge is 0.383 e. The monoisotopic (exact) mass is 360 g/mol. The van der Waals surface area contributed by atoms with Crippen molar-refractivity contribution in [2.45, 2.75) is 18.8 Å². The minimum Gasteiger partial charge on any atom is -0.383 e. The average molecular weight is 360 g/mol. The lowest BCUT2D eigenvalue weighted by molar-refractivity contribution is 0.0701. The molecule has 3 rings (SSSR count). The first-order valence-electron chi connectivity index (χ1n) is 8.54. The number of likely N-dealkylation sites (tertiary alicyclic amines) is 1. The van der Waals surface area contributed by atoms with Gasteiger partial charge in [0, 0.05) is 63.2 Å². The van der Waals surface area contributed by atoms with Crippen molar-refractivity contribution in [1.29, 1.82) is 0 Å². The van der Waals surface area contributed by atoms with Gasteiger partial charge in [0.2, 0.25) is 0 Å². The predicted molar refractivity (Wildman–Crippen MR) is 99.4 cm³/mol. The Kier molecular flexibility index (Phi) is 5.99. The van der Waals surface area contributed by atoms with E-state index in [4.69, 9.17) is 4.74 Å². The number of amides is 1. The van der Waals surface area contributed by atoms with Gasteiger partial charge in [-0.3, -0.25) is 9.78 Å². The van der Waals surface area contributed by atoms with Gasteiger partial charge in [-0.25, -0.2) is 4.98 Å².